The van der Waals surface area contributed by atoms with Crippen LogP contribution in [0.2, 0.25) is 0 Å². The van der Waals surface area contributed by atoms with Crippen LogP contribution in [0.5, 0.6) is 5.75 Å². The van der Waals surface area contributed by atoms with Crippen LogP contribution in [0, 0.1) is 11.3 Å². The molecule has 1 unspecified atom stereocenters. The summed E-state index contributed by atoms with van der Waals surface area (Å²) in [6.45, 7) is 2.88. The van der Waals surface area contributed by atoms with E-state index in [1.807, 2.05) is 29.2 Å². The maximum Gasteiger partial charge on any atom is 0.320 e. The lowest BCUT2D eigenvalue weighted by molar-refractivity contribution is -0.142. The number of hydrogen-bond acceptors (Lipinski definition) is 4. The molecule has 1 aromatic carbocycles. The molecule has 1 aromatic rings. The summed E-state index contributed by atoms with van der Waals surface area (Å²) in [6, 6.07) is 7.33. The normalized spacial score (nSPS) is 24.9. The second kappa shape index (κ2) is 7.15. The fraction of sp³-hybridized carbons (Fsp3) is 0.619. The molecule has 3 aliphatic rings. The summed E-state index contributed by atoms with van der Waals surface area (Å²) in [5.41, 5.74) is 1.02. The molecule has 146 valence electrons. The number of likely N-dealkylation sites (tertiary alicyclic amines) is 2. The second-order valence-electron chi connectivity index (χ2n) is 8.37. The Morgan fingerprint density at radius 1 is 1.22 bits per heavy atom. The van der Waals surface area contributed by atoms with Gasteiger partial charge in [0.1, 0.15) is 11.8 Å². The van der Waals surface area contributed by atoms with Crippen LogP contribution in [0.25, 0.3) is 0 Å². The van der Waals surface area contributed by atoms with Gasteiger partial charge in [-0.2, -0.15) is 0 Å². The number of carbonyl (C=O) groups excluding carboxylic acids is 1. The molecule has 2 saturated heterocycles. The van der Waals surface area contributed by atoms with Crippen LogP contribution in [0.3, 0.4) is 0 Å². The number of carbonyl (C=O) groups is 2. The minimum absolute atomic E-state index is 0.00536. The number of piperidine rings is 1. The standard InChI is InChI=1S/C21H28N2O4/c1-27-18-5-3-2-4-16(18)13-23-14-21(12-17(23)20(25)26)8-10-22(11-9-21)19(24)15-6-7-15/h2-5,15,17H,6-14H2,1H3,(H,25,26). The van der Waals surface area contributed by atoms with Gasteiger partial charge in [0.25, 0.3) is 0 Å². The van der Waals surface area contributed by atoms with E-state index in [-0.39, 0.29) is 11.3 Å². The van der Waals surface area contributed by atoms with Crippen molar-refractivity contribution in [3.05, 3.63) is 29.8 Å². The van der Waals surface area contributed by atoms with Crippen LogP contribution < -0.4 is 4.74 Å². The highest BCUT2D eigenvalue weighted by Crippen LogP contribution is 2.45. The van der Waals surface area contributed by atoms with Crippen LogP contribution in [-0.4, -0.2) is 59.6 Å². The van der Waals surface area contributed by atoms with Gasteiger partial charge in [-0.3, -0.25) is 14.5 Å². The summed E-state index contributed by atoms with van der Waals surface area (Å²) in [5, 5.41) is 9.79. The third kappa shape index (κ3) is 3.68. The molecule has 0 aromatic heterocycles. The fourth-order valence-corrected chi connectivity index (χ4v) is 4.76. The number of methoxy groups -OCH3 is 1. The van der Waals surface area contributed by atoms with E-state index in [0.29, 0.717) is 18.9 Å². The molecular formula is C21H28N2O4. The van der Waals surface area contributed by atoms with Crippen LogP contribution in [-0.2, 0) is 16.1 Å². The average Bonchev–Trinajstić information content (AvgIpc) is 3.46. The van der Waals surface area contributed by atoms with E-state index in [1.165, 1.54) is 0 Å². The van der Waals surface area contributed by atoms with E-state index in [0.717, 1.165) is 56.6 Å². The minimum Gasteiger partial charge on any atom is -0.496 e. The smallest absolute Gasteiger partial charge is 0.320 e. The highest BCUT2D eigenvalue weighted by atomic mass is 16.5. The molecule has 1 amide bonds. The molecule has 4 rings (SSSR count). The van der Waals surface area contributed by atoms with Gasteiger partial charge in [0, 0.05) is 37.7 Å². The summed E-state index contributed by atoms with van der Waals surface area (Å²) in [6.07, 6.45) is 4.54. The number of amides is 1. The van der Waals surface area contributed by atoms with Crippen molar-refractivity contribution < 1.29 is 19.4 Å². The van der Waals surface area contributed by atoms with Gasteiger partial charge in [0.15, 0.2) is 0 Å². The van der Waals surface area contributed by atoms with Crippen LogP contribution in [0.1, 0.15) is 37.7 Å². The number of para-hydroxylation sites is 1. The quantitative estimate of drug-likeness (QED) is 0.859. The monoisotopic (exact) mass is 372 g/mol. The predicted molar refractivity (Wildman–Crippen MR) is 100 cm³/mol. The first kappa shape index (κ1) is 18.3. The Bertz CT molecular complexity index is 723. The van der Waals surface area contributed by atoms with Crippen molar-refractivity contribution in [3.63, 3.8) is 0 Å². The highest BCUT2D eigenvalue weighted by molar-refractivity contribution is 5.81. The van der Waals surface area contributed by atoms with E-state index >= 15 is 0 Å². The zero-order valence-electron chi connectivity index (χ0n) is 15.9. The Kier molecular flexibility index (Phi) is 4.84. The number of nitrogens with zero attached hydrogens (tertiary/aromatic N) is 2. The lowest BCUT2D eigenvalue weighted by atomic mass is 9.76. The molecule has 2 heterocycles. The number of carboxylic acid groups (broad SMARTS) is 1. The van der Waals surface area contributed by atoms with E-state index in [1.54, 1.807) is 7.11 Å². The van der Waals surface area contributed by atoms with E-state index in [4.69, 9.17) is 4.74 Å². The predicted octanol–water partition coefficient (Wildman–Crippen LogP) is 2.37. The third-order valence-corrected chi connectivity index (χ3v) is 6.52. The summed E-state index contributed by atoms with van der Waals surface area (Å²) < 4.78 is 5.44. The lowest BCUT2D eigenvalue weighted by Gasteiger charge is -2.39. The summed E-state index contributed by atoms with van der Waals surface area (Å²) in [4.78, 5) is 28.3. The van der Waals surface area contributed by atoms with Gasteiger partial charge >= 0.3 is 5.97 Å². The van der Waals surface area contributed by atoms with E-state index < -0.39 is 12.0 Å². The molecule has 6 nitrogen and oxygen atoms in total. The molecule has 0 radical (unpaired) electrons. The Morgan fingerprint density at radius 3 is 2.56 bits per heavy atom. The molecular weight excluding hydrogens is 344 g/mol. The van der Waals surface area contributed by atoms with E-state index in [9.17, 15) is 14.7 Å². The van der Waals surface area contributed by atoms with Crippen LogP contribution in [0.4, 0.5) is 0 Å². The average molecular weight is 372 g/mol. The van der Waals surface area contributed by atoms with Crippen molar-refractivity contribution in [2.75, 3.05) is 26.7 Å². The molecule has 2 aliphatic heterocycles. The van der Waals surface area contributed by atoms with Gasteiger partial charge in [0.2, 0.25) is 5.91 Å². The molecule has 1 aliphatic carbocycles. The van der Waals surface area contributed by atoms with Crippen molar-refractivity contribution in [2.45, 2.75) is 44.7 Å². The highest BCUT2D eigenvalue weighted by Gasteiger charge is 2.49. The van der Waals surface area contributed by atoms with Gasteiger partial charge < -0.3 is 14.7 Å². The topological polar surface area (TPSA) is 70.1 Å². The van der Waals surface area contributed by atoms with Gasteiger partial charge in [-0.05, 0) is 43.6 Å². The maximum absolute atomic E-state index is 12.3. The Morgan fingerprint density at radius 2 is 1.93 bits per heavy atom. The first-order valence-electron chi connectivity index (χ1n) is 9.89. The SMILES string of the molecule is COc1ccccc1CN1CC2(CCN(C(=O)C3CC3)CC2)CC1C(=O)O. The van der Waals surface area contributed by atoms with Gasteiger partial charge in [-0.1, -0.05) is 18.2 Å². The van der Waals surface area contributed by atoms with Gasteiger partial charge in [0.05, 0.1) is 7.11 Å². The van der Waals surface area contributed by atoms with Crippen LogP contribution in [0.15, 0.2) is 24.3 Å². The molecule has 6 heteroatoms. The van der Waals surface area contributed by atoms with Crippen molar-refractivity contribution in [2.24, 2.45) is 11.3 Å². The Balaban J connectivity index is 1.45. The molecule has 1 N–H and O–H groups in total. The fourth-order valence-electron chi connectivity index (χ4n) is 4.76. The number of carboxylic acids is 1. The second-order valence-corrected chi connectivity index (χ2v) is 8.37. The van der Waals surface area contributed by atoms with Crippen LogP contribution >= 0.6 is 0 Å². The van der Waals surface area contributed by atoms with Crippen molar-refractivity contribution in [3.8, 4) is 5.75 Å². The van der Waals surface area contributed by atoms with Crippen molar-refractivity contribution in [1.29, 1.82) is 0 Å². The number of ether oxygens (including phenoxy) is 1. The number of hydrogen-bond donors (Lipinski definition) is 1. The number of aliphatic carboxylic acids is 1. The Labute approximate surface area is 160 Å². The molecule has 1 atom stereocenters. The molecule has 1 spiro atoms. The van der Waals surface area contributed by atoms with E-state index in [2.05, 4.69) is 4.90 Å². The Hall–Kier alpha value is -2.08. The first-order chi connectivity index (χ1) is 13.0. The molecule has 0 bridgehead atoms. The van der Waals surface area contributed by atoms with Gasteiger partial charge in [-0.15, -0.1) is 0 Å². The molecule has 1 saturated carbocycles. The lowest BCUT2D eigenvalue weighted by Crippen LogP contribution is -2.44. The number of rotatable bonds is 5. The van der Waals surface area contributed by atoms with Crippen molar-refractivity contribution in [1.82, 2.24) is 9.80 Å². The maximum atomic E-state index is 12.3. The summed E-state index contributed by atoms with van der Waals surface area (Å²) in [5.74, 6) is 0.616. The zero-order valence-corrected chi connectivity index (χ0v) is 15.9. The number of benzene rings is 1. The summed E-state index contributed by atoms with van der Waals surface area (Å²) >= 11 is 0. The summed E-state index contributed by atoms with van der Waals surface area (Å²) in [7, 11) is 1.64. The van der Waals surface area contributed by atoms with Crippen molar-refractivity contribution >= 4 is 11.9 Å². The first-order valence-corrected chi connectivity index (χ1v) is 9.89. The molecule has 3 fully saturated rings. The largest absolute Gasteiger partial charge is 0.496 e. The van der Waals surface area contributed by atoms with Gasteiger partial charge in [-0.25, -0.2) is 0 Å². The zero-order chi connectivity index (χ0) is 19.0. The molecule has 27 heavy (non-hydrogen) atoms. The third-order valence-electron chi connectivity index (χ3n) is 6.52. The minimum atomic E-state index is -0.752.